The topological polar surface area (TPSA) is 58.4 Å². The zero-order valence-corrected chi connectivity index (χ0v) is 9.89. The van der Waals surface area contributed by atoms with Gasteiger partial charge in [-0.25, -0.2) is 9.97 Å². The summed E-state index contributed by atoms with van der Waals surface area (Å²) in [6.07, 6.45) is 0. The lowest BCUT2D eigenvalue weighted by Gasteiger charge is -1.94. The third-order valence-corrected chi connectivity index (χ3v) is 3.52. The summed E-state index contributed by atoms with van der Waals surface area (Å²) in [6.45, 7) is 3.82. The first-order chi connectivity index (χ1) is 7.20. The summed E-state index contributed by atoms with van der Waals surface area (Å²) in [5.74, 6) is 0. The van der Waals surface area contributed by atoms with Gasteiger partial charge in [0.25, 0.3) is 0 Å². The van der Waals surface area contributed by atoms with Gasteiger partial charge in [-0.15, -0.1) is 22.7 Å². The molecule has 78 valence electrons. The van der Waals surface area contributed by atoms with Crippen LogP contribution in [0.1, 0.15) is 21.4 Å². The summed E-state index contributed by atoms with van der Waals surface area (Å²) >= 11 is 2.97. The molecule has 0 aliphatic rings. The molecule has 0 aliphatic carbocycles. The number of hydrogen-bond acceptors (Lipinski definition) is 6. The molecule has 0 unspecified atom stereocenters. The molecule has 0 fully saturated rings. The number of oxime groups is 1. The molecular formula is C9H9N3OS2. The lowest BCUT2D eigenvalue weighted by molar-refractivity contribution is 0.319. The molecule has 4 nitrogen and oxygen atoms in total. The first-order valence-electron chi connectivity index (χ1n) is 4.28. The van der Waals surface area contributed by atoms with Crippen LogP contribution in [-0.2, 0) is 0 Å². The van der Waals surface area contributed by atoms with Crippen LogP contribution in [0.3, 0.4) is 0 Å². The van der Waals surface area contributed by atoms with Gasteiger partial charge in [-0.2, -0.15) is 0 Å². The van der Waals surface area contributed by atoms with E-state index < -0.39 is 0 Å². The summed E-state index contributed by atoms with van der Waals surface area (Å²) in [5, 5.41) is 17.7. The largest absolute Gasteiger partial charge is 0.410 e. The van der Waals surface area contributed by atoms with Crippen LogP contribution in [0.5, 0.6) is 0 Å². The highest BCUT2D eigenvalue weighted by molar-refractivity contribution is 7.12. The molecule has 2 rings (SSSR count). The van der Waals surface area contributed by atoms with Gasteiger partial charge in [0.2, 0.25) is 0 Å². The molecule has 1 N–H and O–H groups in total. The first kappa shape index (κ1) is 10.3. The fraction of sp³-hybridized carbons (Fsp3) is 0.222. The van der Waals surface area contributed by atoms with Crippen LogP contribution >= 0.6 is 22.7 Å². The van der Waals surface area contributed by atoms with Crippen molar-refractivity contribution in [2.24, 2.45) is 5.16 Å². The summed E-state index contributed by atoms with van der Waals surface area (Å²) < 4.78 is 0. The van der Waals surface area contributed by atoms with E-state index >= 15 is 0 Å². The summed E-state index contributed by atoms with van der Waals surface area (Å²) in [7, 11) is 0. The molecule has 0 atom stereocenters. The van der Waals surface area contributed by atoms with Crippen LogP contribution in [0.4, 0.5) is 0 Å². The average molecular weight is 239 g/mol. The lowest BCUT2D eigenvalue weighted by Crippen LogP contribution is -2.03. The average Bonchev–Trinajstić information content (AvgIpc) is 2.78. The second-order valence-corrected chi connectivity index (χ2v) is 4.91. The van der Waals surface area contributed by atoms with Crippen LogP contribution < -0.4 is 0 Å². The fourth-order valence-corrected chi connectivity index (χ4v) is 2.52. The van der Waals surface area contributed by atoms with E-state index in [1.54, 1.807) is 0 Å². The Bertz CT molecular complexity index is 459. The van der Waals surface area contributed by atoms with E-state index in [-0.39, 0.29) is 0 Å². The van der Waals surface area contributed by atoms with E-state index in [2.05, 4.69) is 15.1 Å². The first-order valence-corrected chi connectivity index (χ1v) is 6.03. The van der Waals surface area contributed by atoms with E-state index in [0.717, 1.165) is 10.7 Å². The molecule has 0 spiro atoms. The van der Waals surface area contributed by atoms with Gasteiger partial charge in [0.1, 0.15) is 10.7 Å². The Morgan fingerprint density at radius 1 is 1.27 bits per heavy atom. The molecule has 2 aromatic heterocycles. The van der Waals surface area contributed by atoms with Crippen LogP contribution in [-0.4, -0.2) is 20.9 Å². The third kappa shape index (κ3) is 2.05. The molecule has 0 amide bonds. The van der Waals surface area contributed by atoms with Crippen LogP contribution in [0, 0.1) is 13.8 Å². The number of hydrogen-bond donors (Lipinski definition) is 1. The van der Waals surface area contributed by atoms with Crippen molar-refractivity contribution in [3.63, 3.8) is 0 Å². The van der Waals surface area contributed by atoms with Crippen molar-refractivity contribution in [1.29, 1.82) is 0 Å². The molecule has 0 saturated carbocycles. The van der Waals surface area contributed by atoms with E-state index in [0.29, 0.717) is 16.4 Å². The standard InChI is InChI=1S/C9H9N3OS2/c1-5-3-15-9(10-5)8(12-13)7-4-14-6(2)11-7/h3-4,13H,1-2H3/b12-8+. The SMILES string of the molecule is Cc1csc(/C(=N/O)c2csc(C)n2)n1. The van der Waals surface area contributed by atoms with E-state index in [1.807, 2.05) is 24.6 Å². The maximum Gasteiger partial charge on any atom is 0.164 e. The number of rotatable bonds is 2. The molecule has 2 heterocycles. The predicted octanol–water partition coefficient (Wildman–Crippen LogP) is 2.44. The minimum Gasteiger partial charge on any atom is -0.410 e. The summed E-state index contributed by atoms with van der Waals surface area (Å²) in [5.41, 5.74) is 2.04. The Morgan fingerprint density at radius 2 is 2.07 bits per heavy atom. The van der Waals surface area contributed by atoms with Gasteiger partial charge in [0.05, 0.1) is 5.01 Å². The van der Waals surface area contributed by atoms with Gasteiger partial charge < -0.3 is 5.21 Å². The molecule has 0 saturated heterocycles. The minimum absolute atomic E-state index is 0.442. The van der Waals surface area contributed by atoms with Crippen molar-refractivity contribution in [2.45, 2.75) is 13.8 Å². The number of aryl methyl sites for hydroxylation is 2. The van der Waals surface area contributed by atoms with Gasteiger partial charge in [-0.1, -0.05) is 5.16 Å². The lowest BCUT2D eigenvalue weighted by atomic mass is 10.3. The molecule has 2 aromatic rings. The fourth-order valence-electron chi connectivity index (χ4n) is 1.14. The zero-order valence-electron chi connectivity index (χ0n) is 8.26. The Labute approximate surface area is 94.9 Å². The van der Waals surface area contributed by atoms with E-state index in [4.69, 9.17) is 5.21 Å². The van der Waals surface area contributed by atoms with Crippen molar-refractivity contribution in [1.82, 2.24) is 9.97 Å². The summed E-state index contributed by atoms with van der Waals surface area (Å²) in [6, 6.07) is 0. The maximum atomic E-state index is 8.97. The molecule has 0 radical (unpaired) electrons. The van der Waals surface area contributed by atoms with E-state index in [1.165, 1.54) is 22.7 Å². The number of thiazole rings is 2. The second-order valence-electron chi connectivity index (χ2n) is 2.99. The zero-order chi connectivity index (χ0) is 10.8. The van der Waals surface area contributed by atoms with Crippen molar-refractivity contribution >= 4 is 28.4 Å². The highest BCUT2D eigenvalue weighted by Gasteiger charge is 2.14. The van der Waals surface area contributed by atoms with Gasteiger partial charge in [-0.3, -0.25) is 0 Å². The molecule has 0 aliphatic heterocycles. The number of nitrogens with zero attached hydrogens (tertiary/aromatic N) is 3. The maximum absolute atomic E-state index is 8.97. The van der Waals surface area contributed by atoms with Crippen LogP contribution in [0.25, 0.3) is 0 Å². The monoisotopic (exact) mass is 239 g/mol. The van der Waals surface area contributed by atoms with Crippen molar-refractivity contribution in [2.75, 3.05) is 0 Å². The van der Waals surface area contributed by atoms with E-state index in [9.17, 15) is 0 Å². The highest BCUT2D eigenvalue weighted by atomic mass is 32.1. The van der Waals surface area contributed by atoms with Crippen molar-refractivity contribution in [3.8, 4) is 0 Å². The Hall–Kier alpha value is -1.27. The summed E-state index contributed by atoms with van der Waals surface area (Å²) in [4.78, 5) is 8.52. The van der Waals surface area contributed by atoms with Gasteiger partial charge >= 0.3 is 0 Å². The Balaban J connectivity index is 2.42. The van der Waals surface area contributed by atoms with Crippen molar-refractivity contribution in [3.05, 3.63) is 32.2 Å². The third-order valence-electron chi connectivity index (χ3n) is 1.78. The molecular weight excluding hydrogens is 230 g/mol. The Morgan fingerprint density at radius 3 is 2.53 bits per heavy atom. The van der Waals surface area contributed by atoms with Gasteiger partial charge in [0.15, 0.2) is 5.71 Å². The molecule has 0 bridgehead atoms. The van der Waals surface area contributed by atoms with Gasteiger partial charge in [0, 0.05) is 16.5 Å². The minimum atomic E-state index is 0.442. The second kappa shape index (κ2) is 4.08. The molecule has 15 heavy (non-hydrogen) atoms. The Kier molecular flexibility index (Phi) is 2.79. The van der Waals surface area contributed by atoms with Crippen LogP contribution in [0.2, 0.25) is 0 Å². The predicted molar refractivity (Wildman–Crippen MR) is 61.1 cm³/mol. The number of aromatic nitrogens is 2. The highest BCUT2D eigenvalue weighted by Crippen LogP contribution is 2.17. The molecule has 0 aromatic carbocycles. The van der Waals surface area contributed by atoms with Gasteiger partial charge in [-0.05, 0) is 13.8 Å². The smallest absolute Gasteiger partial charge is 0.164 e. The van der Waals surface area contributed by atoms with Crippen molar-refractivity contribution < 1.29 is 5.21 Å². The normalized spacial score (nSPS) is 12.0. The quantitative estimate of drug-likeness (QED) is 0.497. The van der Waals surface area contributed by atoms with Crippen LogP contribution in [0.15, 0.2) is 15.9 Å². The molecule has 6 heteroatoms.